The Labute approximate surface area is 53.1 Å². The second-order valence-electron chi connectivity index (χ2n) is 1.15. The fourth-order valence-corrected chi connectivity index (χ4v) is 0.433. The Morgan fingerprint density at radius 2 is 2.14 bits per heavy atom. The van der Waals surface area contributed by atoms with Crippen LogP contribution in [0.4, 0.5) is 0 Å². The summed E-state index contributed by atoms with van der Waals surface area (Å²) >= 11 is 3.15. The van der Waals surface area contributed by atoms with Gasteiger partial charge in [0.2, 0.25) is 0 Å². The summed E-state index contributed by atoms with van der Waals surface area (Å²) in [5, 5.41) is 0. The lowest BCUT2D eigenvalue weighted by atomic mass is 10.4. The van der Waals surface area contributed by atoms with Crippen molar-refractivity contribution in [3.8, 4) is 0 Å². The molecule has 7 heavy (non-hydrogen) atoms. The molecule has 0 rings (SSSR count). The predicted molar refractivity (Wildman–Crippen MR) is 37.5 cm³/mol. The van der Waals surface area contributed by atoms with E-state index in [1.54, 1.807) is 0 Å². The van der Waals surface area contributed by atoms with Crippen molar-refractivity contribution in [1.29, 1.82) is 0 Å². The minimum atomic E-state index is 1.11. The van der Waals surface area contributed by atoms with Crippen LogP contribution in [0.2, 0.25) is 0 Å². The SMILES string of the molecule is CCC=CC=CBr. The van der Waals surface area contributed by atoms with Crippen molar-refractivity contribution < 1.29 is 0 Å². The van der Waals surface area contributed by atoms with Gasteiger partial charge in [-0.1, -0.05) is 41.1 Å². The zero-order valence-electron chi connectivity index (χ0n) is 4.39. The van der Waals surface area contributed by atoms with Gasteiger partial charge in [-0.2, -0.15) is 0 Å². The number of halogens is 1. The van der Waals surface area contributed by atoms with Crippen molar-refractivity contribution in [2.24, 2.45) is 0 Å². The van der Waals surface area contributed by atoms with E-state index in [-0.39, 0.29) is 0 Å². The molecule has 0 nitrogen and oxygen atoms in total. The van der Waals surface area contributed by atoms with Gasteiger partial charge in [-0.15, -0.1) is 0 Å². The van der Waals surface area contributed by atoms with Crippen LogP contribution in [-0.2, 0) is 0 Å². The van der Waals surface area contributed by atoms with E-state index in [1.807, 2.05) is 17.1 Å². The zero-order chi connectivity index (χ0) is 5.54. The van der Waals surface area contributed by atoms with E-state index in [9.17, 15) is 0 Å². The molecule has 1 heteroatoms. The van der Waals surface area contributed by atoms with E-state index in [2.05, 4.69) is 28.9 Å². The summed E-state index contributed by atoms with van der Waals surface area (Å²) < 4.78 is 0. The van der Waals surface area contributed by atoms with Gasteiger partial charge in [0.1, 0.15) is 0 Å². The summed E-state index contributed by atoms with van der Waals surface area (Å²) in [5.41, 5.74) is 0. The molecule has 0 heterocycles. The molecule has 0 radical (unpaired) electrons. The van der Waals surface area contributed by atoms with Crippen molar-refractivity contribution in [1.82, 2.24) is 0 Å². The van der Waals surface area contributed by atoms with Crippen LogP contribution in [0.1, 0.15) is 13.3 Å². The quantitative estimate of drug-likeness (QED) is 0.546. The average Bonchev–Trinajstić information content (AvgIpc) is 1.69. The molecular formula is C6H9Br. The lowest BCUT2D eigenvalue weighted by molar-refractivity contribution is 1.22. The van der Waals surface area contributed by atoms with Gasteiger partial charge < -0.3 is 0 Å². The molecule has 0 amide bonds. The molecule has 0 aliphatic carbocycles. The minimum Gasteiger partial charge on any atom is -0.0848 e. The first kappa shape index (κ1) is 6.96. The molecule has 0 saturated carbocycles. The fourth-order valence-electron chi connectivity index (χ4n) is 0.257. The van der Waals surface area contributed by atoms with Crippen LogP contribution in [0.5, 0.6) is 0 Å². The molecule has 0 aromatic heterocycles. The number of hydrogen-bond acceptors (Lipinski definition) is 0. The van der Waals surface area contributed by atoms with Crippen LogP contribution in [0, 0.1) is 0 Å². The lowest BCUT2D eigenvalue weighted by Gasteiger charge is -1.69. The molecule has 0 atom stereocenters. The topological polar surface area (TPSA) is 0 Å². The number of rotatable bonds is 2. The van der Waals surface area contributed by atoms with E-state index in [4.69, 9.17) is 0 Å². The van der Waals surface area contributed by atoms with Crippen LogP contribution in [0.15, 0.2) is 23.2 Å². The van der Waals surface area contributed by atoms with E-state index in [0.717, 1.165) is 6.42 Å². The Morgan fingerprint density at radius 1 is 1.43 bits per heavy atom. The standard InChI is InChI=1S/C6H9Br/c1-2-3-4-5-6-7/h3-6H,2H2,1H3. The van der Waals surface area contributed by atoms with E-state index >= 15 is 0 Å². The van der Waals surface area contributed by atoms with Gasteiger partial charge in [-0.05, 0) is 11.4 Å². The molecule has 0 unspecified atom stereocenters. The molecule has 0 saturated heterocycles. The second kappa shape index (κ2) is 5.96. The molecule has 0 spiro atoms. The van der Waals surface area contributed by atoms with Crippen molar-refractivity contribution >= 4 is 15.9 Å². The lowest BCUT2D eigenvalue weighted by Crippen LogP contribution is -1.47. The third-order valence-electron chi connectivity index (χ3n) is 0.556. The summed E-state index contributed by atoms with van der Waals surface area (Å²) in [7, 11) is 0. The molecular weight excluding hydrogens is 152 g/mol. The molecule has 0 aliphatic heterocycles. The Morgan fingerprint density at radius 3 is 2.57 bits per heavy atom. The highest BCUT2D eigenvalue weighted by molar-refractivity contribution is 9.11. The van der Waals surface area contributed by atoms with Crippen LogP contribution in [0.25, 0.3) is 0 Å². The van der Waals surface area contributed by atoms with Crippen LogP contribution >= 0.6 is 15.9 Å². The monoisotopic (exact) mass is 160 g/mol. The molecule has 0 fully saturated rings. The molecule has 40 valence electrons. The van der Waals surface area contributed by atoms with E-state index in [0.29, 0.717) is 0 Å². The Balaban J connectivity index is 3.09. The highest BCUT2D eigenvalue weighted by Gasteiger charge is 1.58. The Hall–Kier alpha value is -0.0400. The molecule has 0 N–H and O–H groups in total. The summed E-state index contributed by atoms with van der Waals surface area (Å²) in [6.45, 7) is 2.11. The predicted octanol–water partition coefficient (Wildman–Crippen LogP) is 2.86. The van der Waals surface area contributed by atoms with Crippen LogP contribution in [-0.4, -0.2) is 0 Å². The summed E-state index contributed by atoms with van der Waals surface area (Å²) in [6.07, 6.45) is 7.16. The van der Waals surface area contributed by atoms with Gasteiger partial charge in [-0.3, -0.25) is 0 Å². The average molecular weight is 161 g/mol. The van der Waals surface area contributed by atoms with Crippen LogP contribution < -0.4 is 0 Å². The van der Waals surface area contributed by atoms with Gasteiger partial charge in [0.15, 0.2) is 0 Å². The summed E-state index contributed by atoms with van der Waals surface area (Å²) in [4.78, 5) is 1.83. The third kappa shape index (κ3) is 5.96. The Kier molecular flexibility index (Phi) is 5.93. The van der Waals surface area contributed by atoms with Crippen molar-refractivity contribution in [3.05, 3.63) is 23.2 Å². The Bertz CT molecular complexity index is 72.2. The van der Waals surface area contributed by atoms with Crippen molar-refractivity contribution in [2.45, 2.75) is 13.3 Å². The van der Waals surface area contributed by atoms with Crippen molar-refractivity contribution in [3.63, 3.8) is 0 Å². The summed E-state index contributed by atoms with van der Waals surface area (Å²) in [6, 6.07) is 0. The molecule has 0 bridgehead atoms. The zero-order valence-corrected chi connectivity index (χ0v) is 5.98. The van der Waals surface area contributed by atoms with Crippen LogP contribution in [0.3, 0.4) is 0 Å². The fraction of sp³-hybridized carbons (Fsp3) is 0.333. The summed E-state index contributed by atoms with van der Waals surface area (Å²) in [5.74, 6) is 0. The minimum absolute atomic E-state index is 1.11. The second-order valence-corrected chi connectivity index (χ2v) is 1.68. The van der Waals surface area contributed by atoms with Gasteiger partial charge in [0.25, 0.3) is 0 Å². The smallest absolute Gasteiger partial charge is 0.0189 e. The number of allylic oxidation sites excluding steroid dienone is 3. The highest BCUT2D eigenvalue weighted by atomic mass is 79.9. The molecule has 0 aromatic carbocycles. The maximum Gasteiger partial charge on any atom is -0.0189 e. The highest BCUT2D eigenvalue weighted by Crippen LogP contribution is 1.85. The van der Waals surface area contributed by atoms with Gasteiger partial charge >= 0.3 is 0 Å². The third-order valence-corrected chi connectivity index (χ3v) is 0.861. The maximum atomic E-state index is 3.15. The largest absolute Gasteiger partial charge is 0.0848 e. The first-order valence-corrected chi connectivity index (χ1v) is 3.25. The number of hydrogen-bond donors (Lipinski definition) is 0. The first-order chi connectivity index (χ1) is 3.41. The van der Waals surface area contributed by atoms with Crippen molar-refractivity contribution in [2.75, 3.05) is 0 Å². The normalized spacial score (nSPS) is 11.7. The van der Waals surface area contributed by atoms with Gasteiger partial charge in [0.05, 0.1) is 0 Å². The van der Waals surface area contributed by atoms with Gasteiger partial charge in [0, 0.05) is 0 Å². The molecule has 0 aromatic rings. The van der Waals surface area contributed by atoms with E-state index < -0.39 is 0 Å². The van der Waals surface area contributed by atoms with Gasteiger partial charge in [-0.25, -0.2) is 0 Å². The maximum absolute atomic E-state index is 3.15. The molecule has 0 aliphatic rings. The van der Waals surface area contributed by atoms with E-state index in [1.165, 1.54) is 0 Å². The first-order valence-electron chi connectivity index (χ1n) is 2.33.